The molecule has 6 nitrogen and oxygen atoms in total. The second-order valence-corrected chi connectivity index (χ2v) is 8.10. The number of H-pyrrole nitrogens is 1. The third-order valence-corrected chi connectivity index (χ3v) is 6.41. The van der Waals surface area contributed by atoms with Gasteiger partial charge in [0.1, 0.15) is 0 Å². The van der Waals surface area contributed by atoms with Crippen molar-refractivity contribution in [3.8, 4) is 0 Å². The van der Waals surface area contributed by atoms with Crippen LogP contribution in [0.5, 0.6) is 0 Å². The Morgan fingerprint density at radius 1 is 1.38 bits per heavy atom. The molecular formula is C14H26N4O2S. The molecule has 3 atom stereocenters. The molecule has 0 aliphatic carbocycles. The van der Waals surface area contributed by atoms with Gasteiger partial charge >= 0.3 is 0 Å². The average Bonchev–Trinajstić information content (AvgIpc) is 2.76. The highest BCUT2D eigenvalue weighted by molar-refractivity contribution is 7.89. The van der Waals surface area contributed by atoms with Crippen LogP contribution in [0.15, 0.2) is 5.03 Å². The number of nitrogens with one attached hydrogen (secondary N) is 2. The SMILES string of the molecule is CNCc1c(S(=O)(=O)N2CC(C)CC(C)C2C)n[nH]c1C. The predicted molar refractivity (Wildman–Crippen MR) is 82.4 cm³/mol. The molecule has 2 rings (SSSR count). The van der Waals surface area contributed by atoms with Crippen molar-refractivity contribution < 1.29 is 8.42 Å². The topological polar surface area (TPSA) is 78.1 Å². The van der Waals surface area contributed by atoms with Crippen molar-refractivity contribution in [3.05, 3.63) is 11.3 Å². The number of sulfonamides is 1. The number of aryl methyl sites for hydroxylation is 1. The summed E-state index contributed by atoms with van der Waals surface area (Å²) in [6, 6.07) is 0.00522. The Hall–Kier alpha value is -0.920. The minimum Gasteiger partial charge on any atom is -0.316 e. The molecule has 1 aliphatic heterocycles. The summed E-state index contributed by atoms with van der Waals surface area (Å²) in [5.74, 6) is 0.732. The lowest BCUT2D eigenvalue weighted by molar-refractivity contribution is 0.157. The van der Waals surface area contributed by atoms with E-state index in [1.54, 1.807) is 11.4 Å². The summed E-state index contributed by atoms with van der Waals surface area (Å²) in [5, 5.41) is 10.1. The molecule has 0 amide bonds. The number of piperidine rings is 1. The van der Waals surface area contributed by atoms with E-state index in [1.807, 2.05) is 13.8 Å². The van der Waals surface area contributed by atoms with Crippen molar-refractivity contribution in [1.82, 2.24) is 19.8 Å². The number of aromatic amines is 1. The van der Waals surface area contributed by atoms with Crippen molar-refractivity contribution in [2.24, 2.45) is 11.8 Å². The molecule has 2 heterocycles. The summed E-state index contributed by atoms with van der Waals surface area (Å²) in [7, 11) is -1.76. The average molecular weight is 314 g/mol. The largest absolute Gasteiger partial charge is 0.316 e. The summed E-state index contributed by atoms with van der Waals surface area (Å²) < 4.78 is 27.7. The molecule has 120 valence electrons. The number of hydrogen-bond donors (Lipinski definition) is 2. The fourth-order valence-electron chi connectivity index (χ4n) is 3.12. The van der Waals surface area contributed by atoms with Gasteiger partial charge in [-0.05, 0) is 39.2 Å². The highest BCUT2D eigenvalue weighted by atomic mass is 32.2. The Kier molecular flexibility index (Phi) is 4.75. The van der Waals surface area contributed by atoms with Crippen molar-refractivity contribution >= 4 is 10.0 Å². The maximum atomic E-state index is 13.0. The molecule has 1 aliphatic rings. The van der Waals surface area contributed by atoms with Crippen LogP contribution in [0.4, 0.5) is 0 Å². The van der Waals surface area contributed by atoms with Crippen molar-refractivity contribution in [1.29, 1.82) is 0 Å². The Morgan fingerprint density at radius 3 is 2.67 bits per heavy atom. The normalized spacial score (nSPS) is 28.0. The first kappa shape index (κ1) is 16.5. The highest BCUT2D eigenvalue weighted by Crippen LogP contribution is 2.32. The maximum absolute atomic E-state index is 13.0. The third kappa shape index (κ3) is 3.00. The zero-order chi connectivity index (χ0) is 15.8. The Bertz CT molecular complexity index is 596. The zero-order valence-corrected chi connectivity index (χ0v) is 14.3. The van der Waals surface area contributed by atoms with E-state index in [4.69, 9.17) is 0 Å². The lowest BCUT2D eigenvalue weighted by Crippen LogP contribution is -2.49. The van der Waals surface area contributed by atoms with Crippen LogP contribution in [-0.4, -0.2) is 42.6 Å². The minimum absolute atomic E-state index is 0.00522. The van der Waals surface area contributed by atoms with Gasteiger partial charge in [-0.15, -0.1) is 0 Å². The van der Waals surface area contributed by atoms with Crippen LogP contribution in [0.1, 0.15) is 38.4 Å². The number of rotatable bonds is 4. The fraction of sp³-hybridized carbons (Fsp3) is 0.786. The molecular weight excluding hydrogens is 288 g/mol. The molecule has 1 aromatic heterocycles. The number of hydrogen-bond acceptors (Lipinski definition) is 4. The van der Waals surface area contributed by atoms with Crippen LogP contribution in [-0.2, 0) is 16.6 Å². The third-order valence-electron chi connectivity index (χ3n) is 4.49. The van der Waals surface area contributed by atoms with Crippen molar-refractivity contribution in [2.75, 3.05) is 13.6 Å². The van der Waals surface area contributed by atoms with Gasteiger partial charge in [0.15, 0.2) is 5.03 Å². The summed E-state index contributed by atoms with van der Waals surface area (Å²) in [4.78, 5) is 0. The van der Waals surface area contributed by atoms with E-state index in [0.717, 1.165) is 17.7 Å². The van der Waals surface area contributed by atoms with Crippen LogP contribution in [0.3, 0.4) is 0 Å². The standard InChI is InChI=1S/C14H26N4O2S/c1-9-6-10(2)12(4)18(8-9)21(19,20)14-13(7-15-5)11(3)16-17-14/h9-10,12,15H,6-8H2,1-5H3,(H,16,17). The predicted octanol–water partition coefficient (Wildman–Crippen LogP) is 1.49. The molecule has 7 heteroatoms. The van der Waals surface area contributed by atoms with Gasteiger partial charge < -0.3 is 5.32 Å². The van der Waals surface area contributed by atoms with Crippen LogP contribution in [0.25, 0.3) is 0 Å². The van der Waals surface area contributed by atoms with Gasteiger partial charge in [0.05, 0.1) is 0 Å². The lowest BCUT2D eigenvalue weighted by Gasteiger charge is -2.39. The van der Waals surface area contributed by atoms with Gasteiger partial charge in [-0.3, -0.25) is 5.10 Å². The van der Waals surface area contributed by atoms with Gasteiger partial charge in [-0.2, -0.15) is 9.40 Å². The first-order valence-electron chi connectivity index (χ1n) is 7.49. The number of aromatic nitrogens is 2. The van der Waals surface area contributed by atoms with Crippen LogP contribution < -0.4 is 5.32 Å². The van der Waals surface area contributed by atoms with Crippen LogP contribution in [0, 0.1) is 18.8 Å². The van der Waals surface area contributed by atoms with Gasteiger partial charge in [-0.25, -0.2) is 8.42 Å². The van der Waals surface area contributed by atoms with E-state index in [2.05, 4.69) is 29.4 Å². The van der Waals surface area contributed by atoms with Crippen molar-refractivity contribution in [2.45, 2.75) is 51.7 Å². The second-order valence-electron chi connectivity index (χ2n) is 6.30. The molecule has 0 saturated carbocycles. The molecule has 0 aromatic carbocycles. The van der Waals surface area contributed by atoms with Crippen LogP contribution in [0.2, 0.25) is 0 Å². The van der Waals surface area contributed by atoms with E-state index >= 15 is 0 Å². The minimum atomic E-state index is -3.56. The van der Waals surface area contributed by atoms with E-state index in [0.29, 0.717) is 24.9 Å². The van der Waals surface area contributed by atoms with E-state index < -0.39 is 10.0 Å². The number of nitrogens with zero attached hydrogens (tertiary/aromatic N) is 2. The fourth-order valence-corrected chi connectivity index (χ4v) is 5.14. The van der Waals surface area contributed by atoms with Crippen LogP contribution >= 0.6 is 0 Å². The second kappa shape index (κ2) is 6.06. The summed E-state index contributed by atoms with van der Waals surface area (Å²) >= 11 is 0. The monoisotopic (exact) mass is 314 g/mol. The van der Waals surface area contributed by atoms with Crippen molar-refractivity contribution in [3.63, 3.8) is 0 Å². The molecule has 0 spiro atoms. The van der Waals surface area contributed by atoms with E-state index in [1.165, 1.54) is 0 Å². The summed E-state index contributed by atoms with van der Waals surface area (Å²) in [6.45, 7) is 9.13. The summed E-state index contributed by atoms with van der Waals surface area (Å²) in [5.41, 5.74) is 1.53. The van der Waals surface area contributed by atoms with E-state index in [-0.39, 0.29) is 11.1 Å². The van der Waals surface area contributed by atoms with Gasteiger partial charge in [0.2, 0.25) is 0 Å². The molecule has 1 saturated heterocycles. The smallest absolute Gasteiger partial charge is 0.262 e. The molecule has 1 fully saturated rings. The molecule has 21 heavy (non-hydrogen) atoms. The Morgan fingerprint density at radius 2 is 2.05 bits per heavy atom. The molecule has 1 aromatic rings. The Labute approximate surface area is 127 Å². The quantitative estimate of drug-likeness (QED) is 0.882. The molecule has 0 radical (unpaired) electrons. The summed E-state index contributed by atoms with van der Waals surface area (Å²) in [6.07, 6.45) is 1.07. The first-order chi connectivity index (χ1) is 9.78. The van der Waals surface area contributed by atoms with Gasteiger partial charge in [0, 0.05) is 30.4 Å². The maximum Gasteiger partial charge on any atom is 0.262 e. The van der Waals surface area contributed by atoms with E-state index in [9.17, 15) is 8.42 Å². The first-order valence-corrected chi connectivity index (χ1v) is 8.93. The zero-order valence-electron chi connectivity index (χ0n) is 13.5. The highest BCUT2D eigenvalue weighted by Gasteiger charge is 2.39. The lowest BCUT2D eigenvalue weighted by atomic mass is 9.88. The molecule has 0 bridgehead atoms. The van der Waals surface area contributed by atoms with Gasteiger partial charge in [-0.1, -0.05) is 13.8 Å². The molecule has 2 N–H and O–H groups in total. The van der Waals surface area contributed by atoms with Gasteiger partial charge in [0.25, 0.3) is 10.0 Å². The molecule has 3 unspecified atom stereocenters. The Balaban J connectivity index is 2.42.